The minimum absolute atomic E-state index is 0.105. The van der Waals surface area contributed by atoms with Gasteiger partial charge >= 0.3 is 0 Å². The van der Waals surface area contributed by atoms with Gasteiger partial charge in [-0.2, -0.15) is 0 Å². The fraction of sp³-hybridized carbons (Fsp3) is 0.478. The van der Waals surface area contributed by atoms with Crippen LogP contribution in [0.2, 0.25) is 0 Å². The van der Waals surface area contributed by atoms with E-state index in [0.717, 1.165) is 35.1 Å². The summed E-state index contributed by atoms with van der Waals surface area (Å²) >= 11 is 1.41. The van der Waals surface area contributed by atoms with Crippen molar-refractivity contribution in [2.75, 3.05) is 11.1 Å². The highest BCUT2D eigenvalue weighted by Crippen LogP contribution is 2.37. The van der Waals surface area contributed by atoms with Gasteiger partial charge in [0.2, 0.25) is 11.8 Å². The number of carbonyl (C=O) groups is 1. The smallest absolute Gasteiger partial charge is 0.237 e. The van der Waals surface area contributed by atoms with E-state index in [1.54, 1.807) is 6.07 Å². The van der Waals surface area contributed by atoms with Crippen molar-refractivity contribution in [3.63, 3.8) is 0 Å². The highest BCUT2D eigenvalue weighted by atomic mass is 32.2. The molecule has 1 fully saturated rings. The van der Waals surface area contributed by atoms with Crippen LogP contribution in [0.3, 0.4) is 0 Å². The van der Waals surface area contributed by atoms with Crippen LogP contribution in [-0.4, -0.2) is 31.6 Å². The van der Waals surface area contributed by atoms with Crippen LogP contribution in [0.1, 0.15) is 63.8 Å². The van der Waals surface area contributed by atoms with E-state index in [2.05, 4.69) is 70.3 Å². The Kier molecular flexibility index (Phi) is 6.18. The molecule has 1 aromatic carbocycles. The van der Waals surface area contributed by atoms with Crippen molar-refractivity contribution < 1.29 is 9.32 Å². The summed E-state index contributed by atoms with van der Waals surface area (Å²) in [4.78, 5) is 12.4. The molecule has 7 nitrogen and oxygen atoms in total. The lowest BCUT2D eigenvalue weighted by molar-refractivity contribution is -0.113. The summed E-state index contributed by atoms with van der Waals surface area (Å²) in [5.41, 5.74) is 3.18. The van der Waals surface area contributed by atoms with Crippen LogP contribution < -0.4 is 5.32 Å². The van der Waals surface area contributed by atoms with E-state index in [4.69, 9.17) is 4.52 Å². The van der Waals surface area contributed by atoms with Crippen molar-refractivity contribution >= 4 is 23.6 Å². The molecule has 0 aliphatic heterocycles. The molecule has 4 rings (SSSR count). The van der Waals surface area contributed by atoms with Gasteiger partial charge in [0, 0.05) is 17.7 Å². The largest absolute Gasteiger partial charge is 0.338 e. The summed E-state index contributed by atoms with van der Waals surface area (Å²) in [6.45, 7) is 8.45. The van der Waals surface area contributed by atoms with Crippen LogP contribution in [0.25, 0.3) is 11.4 Å². The van der Waals surface area contributed by atoms with Gasteiger partial charge in [-0.3, -0.25) is 14.7 Å². The molecular weight excluding hydrogens is 410 g/mol. The molecule has 0 atom stereocenters. The molecule has 164 valence electrons. The number of anilines is 1. The molecule has 1 aliphatic carbocycles. The molecular formula is C23H29N5O2S. The maximum Gasteiger partial charge on any atom is 0.237 e. The average Bonchev–Trinajstić information content (AvgIpc) is 3.46. The van der Waals surface area contributed by atoms with Crippen LogP contribution >= 0.6 is 11.8 Å². The van der Waals surface area contributed by atoms with Gasteiger partial charge < -0.3 is 4.52 Å². The van der Waals surface area contributed by atoms with Gasteiger partial charge in [-0.25, -0.2) is 0 Å². The first-order chi connectivity index (χ1) is 14.8. The van der Waals surface area contributed by atoms with Crippen LogP contribution in [0.4, 0.5) is 5.88 Å². The number of amides is 1. The lowest BCUT2D eigenvalue weighted by Gasteiger charge is -2.20. The molecule has 2 aromatic heterocycles. The van der Waals surface area contributed by atoms with E-state index in [0.29, 0.717) is 11.9 Å². The zero-order valence-electron chi connectivity index (χ0n) is 18.5. The molecule has 1 aliphatic rings. The Hall–Kier alpha value is -2.61. The molecule has 0 bridgehead atoms. The van der Waals surface area contributed by atoms with Crippen molar-refractivity contribution in [1.29, 1.82) is 0 Å². The zero-order chi connectivity index (χ0) is 22.0. The fourth-order valence-electron chi connectivity index (χ4n) is 3.91. The SMILES string of the molecule is Cc1cc(NC(=O)CSc2nnc(-c3ccc(C(C)(C)C)cc3)n2C2CCCC2)on1. The van der Waals surface area contributed by atoms with E-state index < -0.39 is 0 Å². The van der Waals surface area contributed by atoms with Crippen LogP contribution in [0, 0.1) is 6.92 Å². The van der Waals surface area contributed by atoms with E-state index in [1.807, 2.05) is 6.92 Å². The summed E-state index contributed by atoms with van der Waals surface area (Å²) < 4.78 is 7.29. The Bertz CT molecular complexity index is 1040. The predicted molar refractivity (Wildman–Crippen MR) is 122 cm³/mol. The first-order valence-electron chi connectivity index (χ1n) is 10.7. The number of nitrogens with one attached hydrogen (secondary N) is 1. The quantitative estimate of drug-likeness (QED) is 0.519. The normalized spacial score (nSPS) is 14.8. The lowest BCUT2D eigenvalue weighted by atomic mass is 9.86. The Balaban J connectivity index is 1.54. The molecule has 3 aromatic rings. The zero-order valence-corrected chi connectivity index (χ0v) is 19.3. The highest BCUT2D eigenvalue weighted by Gasteiger charge is 2.25. The summed E-state index contributed by atoms with van der Waals surface area (Å²) in [6.07, 6.45) is 4.64. The number of aryl methyl sites for hydroxylation is 1. The van der Waals surface area contributed by atoms with Crippen LogP contribution in [-0.2, 0) is 10.2 Å². The van der Waals surface area contributed by atoms with Gasteiger partial charge in [0.1, 0.15) is 0 Å². The lowest BCUT2D eigenvalue weighted by Crippen LogP contribution is -2.15. The van der Waals surface area contributed by atoms with Crippen molar-refractivity contribution in [3.05, 3.63) is 41.6 Å². The maximum absolute atomic E-state index is 12.4. The molecule has 1 saturated carbocycles. The minimum Gasteiger partial charge on any atom is -0.338 e. The van der Waals surface area contributed by atoms with E-state index in [9.17, 15) is 4.79 Å². The molecule has 31 heavy (non-hydrogen) atoms. The Morgan fingerprint density at radius 2 is 1.90 bits per heavy atom. The molecule has 0 spiro atoms. The van der Waals surface area contributed by atoms with Crippen LogP contribution in [0.15, 0.2) is 40.0 Å². The molecule has 0 radical (unpaired) electrons. The van der Waals surface area contributed by atoms with Gasteiger partial charge in [0.15, 0.2) is 11.0 Å². The number of rotatable bonds is 6. The molecule has 2 heterocycles. The third-order valence-electron chi connectivity index (χ3n) is 5.59. The first kappa shape index (κ1) is 21.6. The van der Waals surface area contributed by atoms with E-state index in [-0.39, 0.29) is 17.1 Å². The van der Waals surface area contributed by atoms with Crippen LogP contribution in [0.5, 0.6) is 0 Å². The van der Waals surface area contributed by atoms with Crippen molar-refractivity contribution in [1.82, 2.24) is 19.9 Å². The Morgan fingerprint density at radius 1 is 1.19 bits per heavy atom. The number of hydrogen-bond donors (Lipinski definition) is 1. The van der Waals surface area contributed by atoms with Gasteiger partial charge in [0.05, 0.1) is 11.4 Å². The van der Waals surface area contributed by atoms with E-state index in [1.165, 1.54) is 30.2 Å². The number of carbonyl (C=O) groups excluding carboxylic acids is 1. The number of thioether (sulfide) groups is 1. The first-order valence-corrected chi connectivity index (χ1v) is 11.7. The number of aromatic nitrogens is 4. The summed E-state index contributed by atoms with van der Waals surface area (Å²) in [7, 11) is 0. The van der Waals surface area contributed by atoms with Crippen molar-refractivity contribution in [2.24, 2.45) is 0 Å². The Morgan fingerprint density at radius 3 is 2.52 bits per heavy atom. The average molecular weight is 440 g/mol. The number of benzene rings is 1. The van der Waals surface area contributed by atoms with Gasteiger partial charge in [-0.05, 0) is 30.7 Å². The van der Waals surface area contributed by atoms with Crippen molar-refractivity contribution in [3.8, 4) is 11.4 Å². The molecule has 0 saturated heterocycles. The molecule has 8 heteroatoms. The second-order valence-electron chi connectivity index (χ2n) is 9.11. The highest BCUT2D eigenvalue weighted by molar-refractivity contribution is 7.99. The third-order valence-corrected chi connectivity index (χ3v) is 6.53. The maximum atomic E-state index is 12.4. The van der Waals surface area contributed by atoms with Gasteiger partial charge in [-0.1, -0.05) is 74.8 Å². The number of nitrogens with zero attached hydrogens (tertiary/aromatic N) is 4. The fourth-order valence-corrected chi connectivity index (χ4v) is 4.71. The summed E-state index contributed by atoms with van der Waals surface area (Å²) in [6, 6.07) is 10.7. The summed E-state index contributed by atoms with van der Waals surface area (Å²) in [5, 5.41) is 16.3. The third kappa shape index (κ3) is 5.01. The van der Waals surface area contributed by atoms with Gasteiger partial charge in [-0.15, -0.1) is 10.2 Å². The second kappa shape index (κ2) is 8.86. The molecule has 1 N–H and O–H groups in total. The van der Waals surface area contributed by atoms with Gasteiger partial charge in [0.25, 0.3) is 0 Å². The monoisotopic (exact) mass is 439 g/mol. The topological polar surface area (TPSA) is 85.8 Å². The number of hydrogen-bond acceptors (Lipinski definition) is 6. The van der Waals surface area contributed by atoms with E-state index >= 15 is 0 Å². The summed E-state index contributed by atoms with van der Waals surface area (Å²) in [5.74, 6) is 1.31. The minimum atomic E-state index is -0.154. The molecule has 1 amide bonds. The standard InChI is InChI=1S/C23H29N5O2S/c1-15-13-20(30-27-15)24-19(29)14-31-22-26-25-21(28(22)18-7-5-6-8-18)16-9-11-17(12-10-16)23(2,3)4/h9-13,18H,5-8,14H2,1-4H3,(H,24,29). The molecule has 0 unspecified atom stereocenters. The second-order valence-corrected chi connectivity index (χ2v) is 10.1. The van der Waals surface area contributed by atoms with Crippen molar-refractivity contribution in [2.45, 2.75) is 70.0 Å². The predicted octanol–water partition coefficient (Wildman–Crippen LogP) is 5.38. The Labute approximate surface area is 187 Å².